The molecule has 0 bridgehead atoms. The lowest BCUT2D eigenvalue weighted by atomic mass is 10.3. The minimum atomic E-state index is 0.325. The third kappa shape index (κ3) is 3.85. The van der Waals surface area contributed by atoms with E-state index in [9.17, 15) is 0 Å². The molecule has 106 valence electrons. The number of rotatable bonds is 6. The van der Waals surface area contributed by atoms with E-state index in [4.69, 9.17) is 9.47 Å². The molecule has 1 heterocycles. The van der Waals surface area contributed by atoms with Crippen molar-refractivity contribution in [2.75, 3.05) is 19.0 Å². The quantitative estimate of drug-likeness (QED) is 0.877. The zero-order valence-electron chi connectivity index (χ0n) is 12.0. The zero-order chi connectivity index (χ0) is 14.4. The maximum absolute atomic E-state index is 5.70. The van der Waals surface area contributed by atoms with Gasteiger partial charge in [-0.3, -0.25) is 0 Å². The van der Waals surface area contributed by atoms with Gasteiger partial charge in [0, 0.05) is 24.9 Å². The van der Waals surface area contributed by atoms with Crippen LogP contribution in [0.4, 0.5) is 5.82 Å². The molecule has 0 aliphatic heterocycles. The second-order valence-electron chi connectivity index (χ2n) is 4.26. The summed E-state index contributed by atoms with van der Waals surface area (Å²) in [6.07, 6.45) is 0. The van der Waals surface area contributed by atoms with Crippen LogP contribution in [0.2, 0.25) is 0 Å². The molecule has 2 aromatic rings. The van der Waals surface area contributed by atoms with Crippen LogP contribution >= 0.6 is 0 Å². The molecule has 0 fully saturated rings. The monoisotopic (exact) mass is 273 g/mol. The number of nitrogens with zero attached hydrogens (tertiary/aromatic N) is 2. The summed E-state index contributed by atoms with van der Waals surface area (Å²) in [6.45, 7) is 4.84. The number of aryl methyl sites for hydroxylation is 1. The van der Waals surface area contributed by atoms with E-state index >= 15 is 0 Å². The average Bonchev–Trinajstić information content (AvgIpc) is 2.45. The molecule has 0 radical (unpaired) electrons. The Bertz CT molecular complexity index is 573. The molecule has 0 aliphatic rings. The third-order valence-corrected chi connectivity index (χ3v) is 2.64. The fraction of sp³-hybridized carbons (Fsp3) is 0.333. The van der Waals surface area contributed by atoms with Crippen LogP contribution in [-0.2, 0) is 6.61 Å². The molecule has 5 nitrogen and oxygen atoms in total. The van der Waals surface area contributed by atoms with E-state index in [-0.39, 0.29) is 0 Å². The summed E-state index contributed by atoms with van der Waals surface area (Å²) >= 11 is 0. The lowest BCUT2D eigenvalue weighted by molar-refractivity contribution is 0.290. The van der Waals surface area contributed by atoms with Gasteiger partial charge in [0.05, 0.1) is 6.61 Å². The summed E-state index contributed by atoms with van der Waals surface area (Å²) in [5.74, 6) is 2.98. The standard InChI is InChI=1S/C15H19N3O2/c1-4-19-12-6-5-7-13(9-12)20-10-15-17-11(2)8-14(16-3)18-15/h5-9H,4,10H2,1-3H3,(H,16,17,18). The molecule has 0 unspecified atom stereocenters. The smallest absolute Gasteiger partial charge is 0.168 e. The Balaban J connectivity index is 2.04. The van der Waals surface area contributed by atoms with Crippen molar-refractivity contribution in [3.05, 3.63) is 41.9 Å². The van der Waals surface area contributed by atoms with E-state index < -0.39 is 0 Å². The van der Waals surface area contributed by atoms with Crippen LogP contribution in [0, 0.1) is 6.92 Å². The van der Waals surface area contributed by atoms with E-state index in [1.54, 1.807) is 0 Å². The average molecular weight is 273 g/mol. The minimum absolute atomic E-state index is 0.325. The zero-order valence-corrected chi connectivity index (χ0v) is 12.0. The number of benzene rings is 1. The molecular formula is C15H19N3O2. The first-order valence-electron chi connectivity index (χ1n) is 6.59. The second-order valence-corrected chi connectivity index (χ2v) is 4.26. The minimum Gasteiger partial charge on any atom is -0.494 e. The predicted molar refractivity (Wildman–Crippen MR) is 78.3 cm³/mol. The molecule has 0 saturated carbocycles. The summed E-state index contributed by atoms with van der Waals surface area (Å²) in [5, 5.41) is 3.01. The topological polar surface area (TPSA) is 56.3 Å². The second kappa shape index (κ2) is 6.75. The highest BCUT2D eigenvalue weighted by atomic mass is 16.5. The molecule has 5 heteroatoms. The molecule has 0 saturated heterocycles. The van der Waals surface area contributed by atoms with Gasteiger partial charge in [0.15, 0.2) is 5.82 Å². The van der Waals surface area contributed by atoms with Gasteiger partial charge in [-0.2, -0.15) is 0 Å². The van der Waals surface area contributed by atoms with Crippen LogP contribution in [0.3, 0.4) is 0 Å². The van der Waals surface area contributed by atoms with Gasteiger partial charge in [0.1, 0.15) is 23.9 Å². The van der Waals surface area contributed by atoms with Crippen LogP contribution in [0.25, 0.3) is 0 Å². The molecule has 1 N–H and O–H groups in total. The van der Waals surface area contributed by atoms with Crippen LogP contribution in [-0.4, -0.2) is 23.6 Å². The van der Waals surface area contributed by atoms with Gasteiger partial charge in [-0.15, -0.1) is 0 Å². The lowest BCUT2D eigenvalue weighted by Crippen LogP contribution is -2.05. The van der Waals surface area contributed by atoms with Crippen molar-refractivity contribution in [1.82, 2.24) is 9.97 Å². The number of nitrogens with one attached hydrogen (secondary N) is 1. The first kappa shape index (κ1) is 14.1. The molecule has 2 rings (SSSR count). The third-order valence-electron chi connectivity index (χ3n) is 2.64. The summed E-state index contributed by atoms with van der Waals surface area (Å²) in [7, 11) is 1.83. The first-order valence-corrected chi connectivity index (χ1v) is 6.59. The highest BCUT2D eigenvalue weighted by molar-refractivity contribution is 5.35. The highest BCUT2D eigenvalue weighted by Gasteiger charge is 2.03. The van der Waals surface area contributed by atoms with Crippen molar-refractivity contribution >= 4 is 5.82 Å². The van der Waals surface area contributed by atoms with E-state index in [2.05, 4.69) is 15.3 Å². The number of ether oxygens (including phenoxy) is 2. The van der Waals surface area contributed by atoms with Crippen molar-refractivity contribution in [2.45, 2.75) is 20.5 Å². The summed E-state index contributed by atoms with van der Waals surface area (Å²) in [6, 6.07) is 9.43. The Hall–Kier alpha value is -2.30. The Morgan fingerprint density at radius 2 is 1.85 bits per heavy atom. The van der Waals surface area contributed by atoms with E-state index in [1.807, 2.05) is 51.2 Å². The Morgan fingerprint density at radius 3 is 2.55 bits per heavy atom. The Morgan fingerprint density at radius 1 is 1.10 bits per heavy atom. The molecule has 0 aliphatic carbocycles. The molecule has 0 spiro atoms. The van der Waals surface area contributed by atoms with Gasteiger partial charge in [-0.05, 0) is 26.0 Å². The molecule has 0 atom stereocenters. The molecule has 0 amide bonds. The first-order chi connectivity index (χ1) is 9.71. The van der Waals surface area contributed by atoms with Gasteiger partial charge >= 0.3 is 0 Å². The molecule has 1 aromatic carbocycles. The lowest BCUT2D eigenvalue weighted by Gasteiger charge is -2.09. The van der Waals surface area contributed by atoms with Crippen LogP contribution in [0.15, 0.2) is 30.3 Å². The van der Waals surface area contributed by atoms with Crippen LogP contribution in [0.5, 0.6) is 11.5 Å². The van der Waals surface area contributed by atoms with Gasteiger partial charge in [0.25, 0.3) is 0 Å². The number of hydrogen-bond donors (Lipinski definition) is 1. The number of hydrogen-bond acceptors (Lipinski definition) is 5. The van der Waals surface area contributed by atoms with Crippen molar-refractivity contribution in [3.63, 3.8) is 0 Å². The van der Waals surface area contributed by atoms with Crippen LogP contribution < -0.4 is 14.8 Å². The van der Waals surface area contributed by atoms with Crippen molar-refractivity contribution in [3.8, 4) is 11.5 Å². The molecule has 20 heavy (non-hydrogen) atoms. The van der Waals surface area contributed by atoms with Gasteiger partial charge in [-0.1, -0.05) is 6.07 Å². The van der Waals surface area contributed by atoms with Crippen molar-refractivity contribution < 1.29 is 9.47 Å². The largest absolute Gasteiger partial charge is 0.494 e. The van der Waals surface area contributed by atoms with E-state index in [1.165, 1.54) is 0 Å². The number of anilines is 1. The van der Waals surface area contributed by atoms with Crippen molar-refractivity contribution in [1.29, 1.82) is 0 Å². The molecular weight excluding hydrogens is 254 g/mol. The highest BCUT2D eigenvalue weighted by Crippen LogP contribution is 2.20. The van der Waals surface area contributed by atoms with E-state index in [0.29, 0.717) is 19.0 Å². The Kier molecular flexibility index (Phi) is 4.76. The normalized spacial score (nSPS) is 10.2. The Labute approximate surface area is 119 Å². The summed E-state index contributed by atoms with van der Waals surface area (Å²) < 4.78 is 11.1. The van der Waals surface area contributed by atoms with E-state index in [0.717, 1.165) is 23.0 Å². The van der Waals surface area contributed by atoms with Crippen molar-refractivity contribution in [2.24, 2.45) is 0 Å². The summed E-state index contributed by atoms with van der Waals surface area (Å²) in [5.41, 5.74) is 0.908. The fourth-order valence-corrected chi connectivity index (χ4v) is 1.79. The number of aromatic nitrogens is 2. The van der Waals surface area contributed by atoms with Gasteiger partial charge in [0.2, 0.25) is 0 Å². The SMILES string of the molecule is CCOc1cccc(OCc2nc(C)cc(NC)n2)c1. The predicted octanol–water partition coefficient (Wildman–Crippen LogP) is 2.80. The van der Waals surface area contributed by atoms with Gasteiger partial charge in [-0.25, -0.2) is 9.97 Å². The maximum atomic E-state index is 5.70. The van der Waals surface area contributed by atoms with Crippen LogP contribution in [0.1, 0.15) is 18.4 Å². The maximum Gasteiger partial charge on any atom is 0.168 e. The summed E-state index contributed by atoms with van der Waals surface area (Å²) in [4.78, 5) is 8.70. The van der Waals surface area contributed by atoms with Gasteiger partial charge < -0.3 is 14.8 Å². The fourth-order valence-electron chi connectivity index (χ4n) is 1.79. The molecule has 1 aromatic heterocycles.